The molecule has 1 saturated heterocycles. The Morgan fingerprint density at radius 3 is 2.41 bits per heavy atom. The van der Waals surface area contributed by atoms with Gasteiger partial charge >= 0.3 is 5.69 Å². The number of rotatable bonds is 6. The van der Waals surface area contributed by atoms with Gasteiger partial charge in [-0.05, 0) is 30.9 Å². The fraction of sp³-hybridized carbons (Fsp3) is 0.421. The van der Waals surface area contributed by atoms with Gasteiger partial charge in [-0.1, -0.05) is 18.2 Å². The molecule has 0 aliphatic carbocycles. The van der Waals surface area contributed by atoms with Crippen molar-refractivity contribution in [3.63, 3.8) is 0 Å². The summed E-state index contributed by atoms with van der Waals surface area (Å²) in [6.07, 6.45) is 2.59. The van der Waals surface area contributed by atoms with E-state index < -0.39 is 21.3 Å². The Morgan fingerprint density at radius 2 is 1.76 bits per heavy atom. The van der Waals surface area contributed by atoms with E-state index in [4.69, 9.17) is 0 Å². The van der Waals surface area contributed by atoms with E-state index in [0.29, 0.717) is 32.5 Å². The minimum atomic E-state index is -3.49. The van der Waals surface area contributed by atoms with E-state index in [1.165, 1.54) is 28.2 Å². The van der Waals surface area contributed by atoms with Crippen molar-refractivity contribution >= 4 is 15.9 Å². The average molecular weight is 420 g/mol. The molecule has 3 rings (SSSR count). The summed E-state index contributed by atoms with van der Waals surface area (Å²) in [6, 6.07) is 9.58. The number of carbonyl (C=O) groups excluding carboxylic acids is 1. The Hall–Kier alpha value is -2.72. The lowest BCUT2D eigenvalue weighted by Gasteiger charge is -2.31. The Bertz CT molecular complexity index is 1080. The molecule has 1 fully saturated rings. The number of amides is 1. The molecule has 1 aromatic carbocycles. The number of sulfonamides is 1. The molecule has 0 bridgehead atoms. The van der Waals surface area contributed by atoms with E-state index in [9.17, 15) is 22.8 Å². The molecule has 10 heteroatoms. The third-order valence-electron chi connectivity index (χ3n) is 5.12. The lowest BCUT2D eigenvalue weighted by atomic mass is 9.98. The molecule has 1 aliphatic heterocycles. The van der Waals surface area contributed by atoms with Crippen LogP contribution in [0.1, 0.15) is 12.8 Å². The van der Waals surface area contributed by atoms with Gasteiger partial charge in [0, 0.05) is 38.9 Å². The van der Waals surface area contributed by atoms with Crippen LogP contribution in [0.2, 0.25) is 0 Å². The van der Waals surface area contributed by atoms with E-state index >= 15 is 0 Å². The summed E-state index contributed by atoms with van der Waals surface area (Å²) in [7, 11) is -2.13. The van der Waals surface area contributed by atoms with E-state index in [0.717, 1.165) is 4.57 Å². The summed E-state index contributed by atoms with van der Waals surface area (Å²) < 4.78 is 28.9. The maximum absolute atomic E-state index is 12.6. The molecule has 1 aliphatic rings. The van der Waals surface area contributed by atoms with Gasteiger partial charge in [-0.15, -0.1) is 0 Å². The molecule has 29 heavy (non-hydrogen) atoms. The second kappa shape index (κ2) is 8.75. The first-order chi connectivity index (χ1) is 13.8. The van der Waals surface area contributed by atoms with Gasteiger partial charge in [0.2, 0.25) is 15.9 Å². The second-order valence-corrected chi connectivity index (χ2v) is 9.03. The molecule has 1 amide bonds. The van der Waals surface area contributed by atoms with Gasteiger partial charge < -0.3 is 5.32 Å². The number of piperidine rings is 1. The summed E-state index contributed by atoms with van der Waals surface area (Å²) in [5.41, 5.74) is -0.976. The van der Waals surface area contributed by atoms with Crippen LogP contribution in [0.5, 0.6) is 0 Å². The third kappa shape index (κ3) is 4.83. The first kappa shape index (κ1) is 21.0. The molecular weight excluding hydrogens is 396 g/mol. The molecule has 1 N–H and O–H groups in total. The van der Waals surface area contributed by atoms with Crippen LogP contribution >= 0.6 is 0 Å². The minimum Gasteiger partial charge on any atom is -0.354 e. The van der Waals surface area contributed by atoms with Crippen molar-refractivity contribution in [2.24, 2.45) is 13.0 Å². The zero-order valence-electron chi connectivity index (χ0n) is 16.2. The van der Waals surface area contributed by atoms with Crippen molar-refractivity contribution in [1.82, 2.24) is 18.8 Å². The molecule has 1 aromatic heterocycles. The van der Waals surface area contributed by atoms with Gasteiger partial charge in [-0.2, -0.15) is 4.31 Å². The smallest absolute Gasteiger partial charge is 0.331 e. The predicted octanol–water partition coefficient (Wildman–Crippen LogP) is -0.236. The fourth-order valence-corrected chi connectivity index (χ4v) is 4.79. The number of hydrogen-bond donors (Lipinski definition) is 1. The fourth-order valence-electron chi connectivity index (χ4n) is 3.30. The molecule has 0 saturated carbocycles. The predicted molar refractivity (Wildman–Crippen MR) is 107 cm³/mol. The minimum absolute atomic E-state index is 0.165. The van der Waals surface area contributed by atoms with Gasteiger partial charge in [0.05, 0.1) is 4.90 Å². The quantitative estimate of drug-likeness (QED) is 0.694. The maximum atomic E-state index is 12.6. The summed E-state index contributed by atoms with van der Waals surface area (Å²) in [5, 5.41) is 2.79. The van der Waals surface area contributed by atoms with Crippen molar-refractivity contribution in [1.29, 1.82) is 0 Å². The number of carbonyl (C=O) groups is 1. The first-order valence-electron chi connectivity index (χ1n) is 9.37. The summed E-state index contributed by atoms with van der Waals surface area (Å²) >= 11 is 0. The number of aromatic nitrogens is 2. The number of nitrogens with zero attached hydrogens (tertiary/aromatic N) is 3. The van der Waals surface area contributed by atoms with E-state index in [-0.39, 0.29) is 23.3 Å². The van der Waals surface area contributed by atoms with Gasteiger partial charge in [0.1, 0.15) is 6.54 Å². The molecule has 2 aromatic rings. The highest BCUT2D eigenvalue weighted by Crippen LogP contribution is 2.23. The van der Waals surface area contributed by atoms with Crippen LogP contribution in [0.15, 0.2) is 57.1 Å². The van der Waals surface area contributed by atoms with E-state index in [1.807, 2.05) is 0 Å². The maximum Gasteiger partial charge on any atom is 0.331 e. The normalized spacial score (nSPS) is 15.9. The van der Waals surface area contributed by atoms with Crippen LogP contribution in [0.25, 0.3) is 0 Å². The Balaban J connectivity index is 1.50. The molecule has 0 radical (unpaired) electrons. The van der Waals surface area contributed by atoms with Gasteiger partial charge in [0.25, 0.3) is 5.56 Å². The molecule has 0 spiro atoms. The highest BCUT2D eigenvalue weighted by atomic mass is 32.2. The van der Waals surface area contributed by atoms with Crippen LogP contribution in [0.3, 0.4) is 0 Å². The highest BCUT2D eigenvalue weighted by molar-refractivity contribution is 7.89. The second-order valence-electron chi connectivity index (χ2n) is 7.09. The van der Waals surface area contributed by atoms with Crippen LogP contribution in [-0.4, -0.2) is 47.4 Å². The highest BCUT2D eigenvalue weighted by Gasteiger charge is 2.29. The van der Waals surface area contributed by atoms with Crippen LogP contribution in [-0.2, 0) is 28.4 Å². The summed E-state index contributed by atoms with van der Waals surface area (Å²) in [6.45, 7) is 1.04. The standard InChI is InChI=1S/C19H24N4O5S/c1-21-18(25)9-10-22(19(21)26)14-17(24)20-13-15-7-11-23(12-8-15)29(27,28)16-5-3-2-4-6-16/h2-6,9-10,15H,7-8,11-14H2,1H3,(H,20,24). The van der Waals surface area contributed by atoms with Crippen molar-refractivity contribution < 1.29 is 13.2 Å². The number of nitrogens with one attached hydrogen (secondary N) is 1. The molecule has 0 unspecified atom stereocenters. The lowest BCUT2D eigenvalue weighted by molar-refractivity contribution is -0.122. The Labute approximate surface area is 168 Å². The molecule has 9 nitrogen and oxygen atoms in total. The van der Waals surface area contributed by atoms with Gasteiger partial charge in [0.15, 0.2) is 0 Å². The molecule has 2 heterocycles. The lowest BCUT2D eigenvalue weighted by Crippen LogP contribution is -2.43. The zero-order chi connectivity index (χ0) is 21.0. The summed E-state index contributed by atoms with van der Waals surface area (Å²) in [5.74, 6) is -0.164. The van der Waals surface area contributed by atoms with Gasteiger partial charge in [-0.25, -0.2) is 13.2 Å². The van der Waals surface area contributed by atoms with Crippen LogP contribution < -0.4 is 16.6 Å². The number of benzene rings is 1. The average Bonchev–Trinajstić information content (AvgIpc) is 2.73. The first-order valence-corrected chi connectivity index (χ1v) is 10.8. The number of hydrogen-bond acceptors (Lipinski definition) is 5. The Morgan fingerprint density at radius 1 is 1.10 bits per heavy atom. The topological polar surface area (TPSA) is 110 Å². The zero-order valence-corrected chi connectivity index (χ0v) is 17.0. The van der Waals surface area contributed by atoms with Crippen molar-refractivity contribution in [3.8, 4) is 0 Å². The summed E-state index contributed by atoms with van der Waals surface area (Å²) in [4.78, 5) is 35.8. The molecule has 0 atom stereocenters. The molecule has 156 valence electrons. The Kier molecular flexibility index (Phi) is 6.33. The largest absolute Gasteiger partial charge is 0.354 e. The molecular formula is C19H24N4O5S. The monoisotopic (exact) mass is 420 g/mol. The van der Waals surface area contributed by atoms with Gasteiger partial charge in [-0.3, -0.25) is 18.7 Å². The van der Waals surface area contributed by atoms with Crippen LogP contribution in [0, 0.1) is 5.92 Å². The SMILES string of the molecule is Cn1c(=O)ccn(CC(=O)NCC2CCN(S(=O)(=O)c3ccccc3)CC2)c1=O. The van der Waals surface area contributed by atoms with E-state index in [1.54, 1.807) is 30.3 Å². The van der Waals surface area contributed by atoms with Crippen molar-refractivity contribution in [3.05, 3.63) is 63.4 Å². The van der Waals surface area contributed by atoms with E-state index in [2.05, 4.69) is 5.32 Å². The van der Waals surface area contributed by atoms with Crippen LogP contribution in [0.4, 0.5) is 0 Å². The third-order valence-corrected chi connectivity index (χ3v) is 7.03. The van der Waals surface area contributed by atoms with Crippen molar-refractivity contribution in [2.75, 3.05) is 19.6 Å². The van der Waals surface area contributed by atoms with Crippen molar-refractivity contribution in [2.45, 2.75) is 24.3 Å².